The highest BCUT2D eigenvalue weighted by Crippen LogP contribution is 2.38. The van der Waals surface area contributed by atoms with Crippen LogP contribution in [0.25, 0.3) is 10.9 Å². The lowest BCUT2D eigenvalue weighted by molar-refractivity contribution is 0.102. The number of nitrogens with one attached hydrogen (secondary N) is 1. The van der Waals surface area contributed by atoms with E-state index in [1.807, 2.05) is 44.2 Å². The van der Waals surface area contributed by atoms with Crippen LogP contribution in [0.4, 0.5) is 23.1 Å². The number of rotatable bonds is 6. The van der Waals surface area contributed by atoms with Crippen molar-refractivity contribution in [2.75, 3.05) is 43.4 Å². The Hall–Kier alpha value is -4.51. The van der Waals surface area contributed by atoms with E-state index >= 15 is 0 Å². The molecule has 0 aliphatic heterocycles. The molecule has 0 atom stereocenters. The second-order valence-electron chi connectivity index (χ2n) is 7.58. The molecule has 2 aromatic heterocycles. The fraction of sp³-hybridized carbons (Fsp3) is 0.160. The van der Waals surface area contributed by atoms with Crippen LogP contribution in [0, 0.1) is 11.3 Å². The molecule has 2 heterocycles. The average molecular weight is 441 g/mol. The monoisotopic (exact) mass is 441 g/mol. The van der Waals surface area contributed by atoms with Gasteiger partial charge >= 0.3 is 0 Å². The van der Waals surface area contributed by atoms with E-state index in [9.17, 15) is 10.1 Å². The van der Waals surface area contributed by atoms with E-state index in [0.717, 1.165) is 11.1 Å². The summed E-state index contributed by atoms with van der Waals surface area (Å²) in [5, 5.41) is 13.7. The van der Waals surface area contributed by atoms with Gasteiger partial charge in [-0.3, -0.25) is 4.79 Å². The van der Waals surface area contributed by atoms with Crippen molar-refractivity contribution >= 4 is 39.9 Å². The lowest BCUT2D eigenvalue weighted by Gasteiger charge is -2.22. The van der Waals surface area contributed by atoms with E-state index in [-0.39, 0.29) is 17.3 Å². The maximum atomic E-state index is 12.9. The van der Waals surface area contributed by atoms with Gasteiger partial charge in [-0.2, -0.15) is 5.26 Å². The summed E-state index contributed by atoms with van der Waals surface area (Å²) in [7, 11) is 7.26. The Morgan fingerprint density at radius 2 is 1.88 bits per heavy atom. The number of nitrogens with zero attached hydrogens (tertiary/aromatic N) is 4. The van der Waals surface area contributed by atoms with Crippen LogP contribution in [-0.4, -0.2) is 39.1 Å². The number of anilines is 4. The fourth-order valence-electron chi connectivity index (χ4n) is 3.55. The first kappa shape index (κ1) is 21.7. The first-order valence-corrected chi connectivity index (χ1v) is 10.2. The largest absolute Gasteiger partial charge is 0.497 e. The van der Waals surface area contributed by atoms with Crippen molar-refractivity contribution in [3.63, 3.8) is 0 Å². The van der Waals surface area contributed by atoms with Crippen LogP contribution in [0.15, 0.2) is 65.3 Å². The SMILES string of the molecule is COc1ccc(C(=O)Nc2nc3ccc(N(C)C)cc3c(N(C)c3ccco3)c2C#N)cc1. The predicted octanol–water partition coefficient (Wildman–Crippen LogP) is 4.79. The molecule has 0 spiro atoms. The van der Waals surface area contributed by atoms with Gasteiger partial charge in [-0.1, -0.05) is 0 Å². The first-order valence-electron chi connectivity index (χ1n) is 10.2. The predicted molar refractivity (Wildman–Crippen MR) is 129 cm³/mol. The van der Waals surface area contributed by atoms with Gasteiger partial charge in [0.2, 0.25) is 0 Å². The molecule has 0 bridgehead atoms. The molecule has 0 aliphatic rings. The first-order chi connectivity index (χ1) is 15.9. The molecule has 1 N–H and O–H groups in total. The highest BCUT2D eigenvalue weighted by atomic mass is 16.5. The van der Waals surface area contributed by atoms with Crippen molar-refractivity contribution < 1.29 is 13.9 Å². The maximum Gasteiger partial charge on any atom is 0.256 e. The molecular weight excluding hydrogens is 418 g/mol. The second-order valence-corrected chi connectivity index (χ2v) is 7.58. The Bertz CT molecular complexity index is 1340. The number of hydrogen-bond acceptors (Lipinski definition) is 7. The minimum Gasteiger partial charge on any atom is -0.497 e. The number of nitriles is 1. The molecule has 33 heavy (non-hydrogen) atoms. The molecule has 8 heteroatoms. The summed E-state index contributed by atoms with van der Waals surface area (Å²) in [4.78, 5) is 21.3. The van der Waals surface area contributed by atoms with E-state index in [0.29, 0.717) is 28.4 Å². The number of methoxy groups -OCH3 is 1. The Morgan fingerprint density at radius 1 is 1.12 bits per heavy atom. The molecule has 4 aromatic rings. The number of fused-ring (bicyclic) bond motifs is 1. The Kier molecular flexibility index (Phi) is 5.87. The van der Waals surface area contributed by atoms with Crippen LogP contribution in [0.5, 0.6) is 5.75 Å². The summed E-state index contributed by atoms with van der Waals surface area (Å²) in [5.41, 5.74) is 2.84. The van der Waals surface area contributed by atoms with Crippen LogP contribution in [0.2, 0.25) is 0 Å². The highest BCUT2D eigenvalue weighted by molar-refractivity contribution is 6.07. The van der Waals surface area contributed by atoms with Crippen molar-refractivity contribution in [2.45, 2.75) is 0 Å². The third-order valence-corrected chi connectivity index (χ3v) is 5.33. The van der Waals surface area contributed by atoms with Crippen molar-refractivity contribution in [3.8, 4) is 11.8 Å². The summed E-state index contributed by atoms with van der Waals surface area (Å²) >= 11 is 0. The smallest absolute Gasteiger partial charge is 0.256 e. The zero-order valence-corrected chi connectivity index (χ0v) is 18.8. The quantitative estimate of drug-likeness (QED) is 0.459. The van der Waals surface area contributed by atoms with E-state index < -0.39 is 0 Å². The van der Waals surface area contributed by atoms with Crippen LogP contribution < -0.4 is 19.9 Å². The number of carbonyl (C=O) groups is 1. The van der Waals surface area contributed by atoms with E-state index in [1.54, 1.807) is 54.7 Å². The van der Waals surface area contributed by atoms with Gasteiger partial charge in [0.1, 0.15) is 17.4 Å². The number of hydrogen-bond donors (Lipinski definition) is 1. The summed E-state index contributed by atoms with van der Waals surface area (Å²) in [6.07, 6.45) is 1.57. The molecule has 2 aromatic carbocycles. The van der Waals surface area contributed by atoms with Crippen molar-refractivity contribution in [1.29, 1.82) is 5.26 Å². The Balaban J connectivity index is 1.87. The molecule has 8 nitrogen and oxygen atoms in total. The van der Waals surface area contributed by atoms with E-state index in [1.165, 1.54) is 0 Å². The number of benzene rings is 2. The fourth-order valence-corrected chi connectivity index (χ4v) is 3.55. The van der Waals surface area contributed by atoms with Crippen molar-refractivity contribution in [2.24, 2.45) is 0 Å². The van der Waals surface area contributed by atoms with Gasteiger partial charge in [0.15, 0.2) is 11.7 Å². The second kappa shape index (κ2) is 8.93. The number of carbonyl (C=O) groups excluding carboxylic acids is 1. The molecule has 0 radical (unpaired) electrons. The molecule has 0 fully saturated rings. The number of ether oxygens (including phenoxy) is 1. The van der Waals surface area contributed by atoms with Crippen molar-refractivity contribution in [3.05, 3.63) is 72.0 Å². The van der Waals surface area contributed by atoms with Gasteiger partial charge in [-0.05, 0) is 48.5 Å². The zero-order valence-electron chi connectivity index (χ0n) is 18.8. The minimum atomic E-state index is -0.377. The third kappa shape index (κ3) is 4.16. The lowest BCUT2D eigenvalue weighted by atomic mass is 10.1. The maximum absolute atomic E-state index is 12.9. The van der Waals surface area contributed by atoms with Crippen molar-refractivity contribution in [1.82, 2.24) is 4.98 Å². The molecule has 166 valence electrons. The van der Waals surface area contributed by atoms with Crippen LogP contribution >= 0.6 is 0 Å². The van der Waals surface area contributed by atoms with Gasteiger partial charge < -0.3 is 24.3 Å². The average Bonchev–Trinajstić information content (AvgIpc) is 3.37. The molecular formula is C25H23N5O3. The Morgan fingerprint density at radius 3 is 2.48 bits per heavy atom. The topological polar surface area (TPSA) is 94.6 Å². The van der Waals surface area contributed by atoms with Gasteiger partial charge in [0.05, 0.1) is 24.6 Å². The molecule has 1 amide bonds. The normalized spacial score (nSPS) is 10.5. The van der Waals surface area contributed by atoms with E-state index in [2.05, 4.69) is 16.4 Å². The van der Waals surface area contributed by atoms with Crippen LogP contribution in [-0.2, 0) is 0 Å². The van der Waals surface area contributed by atoms with Gasteiger partial charge in [-0.25, -0.2) is 4.98 Å². The van der Waals surface area contributed by atoms with Crippen LogP contribution in [0.3, 0.4) is 0 Å². The number of amides is 1. The lowest BCUT2D eigenvalue weighted by Crippen LogP contribution is -2.18. The zero-order chi connectivity index (χ0) is 23.5. The van der Waals surface area contributed by atoms with Gasteiger partial charge in [0.25, 0.3) is 5.91 Å². The van der Waals surface area contributed by atoms with E-state index in [4.69, 9.17) is 9.15 Å². The minimum absolute atomic E-state index is 0.178. The molecule has 4 rings (SSSR count). The number of furan rings is 1. The summed E-state index contributed by atoms with van der Waals surface area (Å²) in [6.45, 7) is 0. The van der Waals surface area contributed by atoms with Crippen LogP contribution in [0.1, 0.15) is 15.9 Å². The molecule has 0 saturated heterocycles. The number of aromatic nitrogens is 1. The molecule has 0 unspecified atom stereocenters. The summed E-state index contributed by atoms with van der Waals surface area (Å²) < 4.78 is 10.7. The summed E-state index contributed by atoms with van der Waals surface area (Å²) in [6, 6.07) is 18.3. The molecule has 0 aliphatic carbocycles. The number of pyridine rings is 1. The standard InChI is InChI=1S/C25H23N5O3/c1-29(2)17-9-12-21-19(14-17)23(30(3)22-6-5-13-33-22)20(15-26)24(27-21)28-25(31)16-7-10-18(32-4)11-8-16/h5-14H,1-4H3,(H,27,28,31). The highest BCUT2D eigenvalue weighted by Gasteiger charge is 2.22. The van der Waals surface area contributed by atoms with Gasteiger partial charge in [-0.15, -0.1) is 0 Å². The summed E-state index contributed by atoms with van der Waals surface area (Å²) in [5.74, 6) is 1.00. The Labute approximate surface area is 191 Å². The van der Waals surface area contributed by atoms with Gasteiger partial charge in [0, 0.05) is 43.8 Å². The molecule has 0 saturated carbocycles. The third-order valence-electron chi connectivity index (χ3n) is 5.33.